The molecule has 0 aromatic rings. The van der Waals surface area contributed by atoms with Crippen molar-refractivity contribution >= 4 is 11.9 Å². The number of rotatable bonds is 24. The van der Waals surface area contributed by atoms with Crippen LogP contribution >= 0.6 is 0 Å². The molecular weight excluding hydrogens is 536 g/mol. The van der Waals surface area contributed by atoms with Crippen LogP contribution in [-0.4, -0.2) is 100 Å². The van der Waals surface area contributed by atoms with Crippen molar-refractivity contribution in [3.8, 4) is 0 Å². The number of carbonyl (C=O) groups excluding carboxylic acids is 2. The predicted molar refractivity (Wildman–Crippen MR) is 152 cm³/mol. The molecule has 0 saturated carbocycles. The van der Waals surface area contributed by atoms with Crippen molar-refractivity contribution in [2.45, 2.75) is 159 Å². The number of unbranched alkanes of at least 4 members (excludes halogenated alkanes) is 12. The molecule has 5 N–H and O–H groups in total. The zero-order valence-electron chi connectivity index (χ0n) is 25.2. The third kappa shape index (κ3) is 15.6. The molecule has 0 aliphatic carbocycles. The van der Waals surface area contributed by atoms with Crippen LogP contribution in [0.3, 0.4) is 0 Å². The molecule has 1 heterocycles. The molecule has 0 amide bonds. The van der Waals surface area contributed by atoms with Gasteiger partial charge in [0.05, 0.1) is 19.8 Å². The molecule has 7 atom stereocenters. The van der Waals surface area contributed by atoms with Crippen molar-refractivity contribution in [1.82, 2.24) is 0 Å². The van der Waals surface area contributed by atoms with Crippen molar-refractivity contribution < 1.29 is 54.1 Å². The molecule has 1 saturated heterocycles. The number of ether oxygens (including phenoxy) is 4. The highest BCUT2D eigenvalue weighted by Crippen LogP contribution is 2.28. The maximum atomic E-state index is 12.8. The minimum Gasteiger partial charge on any atom is -0.455 e. The number of hydrogen-bond acceptors (Lipinski definition) is 11. The van der Waals surface area contributed by atoms with Crippen LogP contribution in [0.25, 0.3) is 0 Å². The summed E-state index contributed by atoms with van der Waals surface area (Å²) in [6.07, 6.45) is 4.57. The molecule has 41 heavy (non-hydrogen) atoms. The second-order valence-electron chi connectivity index (χ2n) is 11.0. The highest BCUT2D eigenvalue weighted by molar-refractivity contribution is 5.70. The zero-order valence-corrected chi connectivity index (χ0v) is 25.2. The van der Waals surface area contributed by atoms with Gasteiger partial charge in [-0.2, -0.15) is 0 Å². The molecule has 0 aromatic heterocycles. The van der Waals surface area contributed by atoms with Gasteiger partial charge in [0.25, 0.3) is 0 Å². The van der Waals surface area contributed by atoms with Gasteiger partial charge in [-0.1, -0.05) is 90.9 Å². The van der Waals surface area contributed by atoms with Crippen molar-refractivity contribution in [2.75, 3.05) is 19.8 Å². The van der Waals surface area contributed by atoms with E-state index in [1.165, 1.54) is 12.8 Å². The zero-order chi connectivity index (χ0) is 30.5. The summed E-state index contributed by atoms with van der Waals surface area (Å²) in [5.41, 5.74) is 0. The van der Waals surface area contributed by atoms with Crippen LogP contribution in [0.15, 0.2) is 0 Å². The molecule has 11 nitrogen and oxygen atoms in total. The van der Waals surface area contributed by atoms with Crippen LogP contribution in [0, 0.1) is 0 Å². The van der Waals surface area contributed by atoms with Gasteiger partial charge in [-0.25, -0.2) is 0 Å². The highest BCUT2D eigenvalue weighted by Gasteiger charge is 2.50. The normalized spacial score (nSPS) is 24.1. The second kappa shape index (κ2) is 23.2. The van der Waals surface area contributed by atoms with E-state index in [4.69, 9.17) is 24.1 Å². The van der Waals surface area contributed by atoms with Crippen molar-refractivity contribution in [2.24, 2.45) is 0 Å². The second-order valence-corrected chi connectivity index (χ2v) is 11.0. The highest BCUT2D eigenvalue weighted by atomic mass is 16.7. The van der Waals surface area contributed by atoms with Gasteiger partial charge in [-0.3, -0.25) is 9.59 Å². The molecule has 242 valence electrons. The monoisotopic (exact) mass is 592 g/mol. The first-order chi connectivity index (χ1) is 19.8. The quantitative estimate of drug-likeness (QED) is 0.0824. The lowest BCUT2D eigenvalue weighted by Gasteiger charge is -2.43. The number of aliphatic hydroxyl groups excluding tert-OH is 5. The smallest absolute Gasteiger partial charge is 0.306 e. The fourth-order valence-corrected chi connectivity index (χ4v) is 4.74. The van der Waals surface area contributed by atoms with Gasteiger partial charge < -0.3 is 44.5 Å². The van der Waals surface area contributed by atoms with E-state index in [-0.39, 0.29) is 12.8 Å². The van der Waals surface area contributed by atoms with Crippen LogP contribution in [0.4, 0.5) is 0 Å². The Bertz CT molecular complexity index is 677. The number of aliphatic hydroxyl groups is 5. The summed E-state index contributed by atoms with van der Waals surface area (Å²) in [6, 6.07) is 0. The lowest BCUT2D eigenvalue weighted by atomic mass is 9.98. The maximum absolute atomic E-state index is 12.8. The Kier molecular flexibility index (Phi) is 21.3. The molecule has 0 bridgehead atoms. The maximum Gasteiger partial charge on any atom is 0.306 e. The number of hydrogen-bond donors (Lipinski definition) is 5. The van der Waals surface area contributed by atoms with E-state index >= 15 is 0 Å². The average Bonchev–Trinajstić information content (AvgIpc) is 2.96. The summed E-state index contributed by atoms with van der Waals surface area (Å²) >= 11 is 0. The Morgan fingerprint density at radius 1 is 0.707 bits per heavy atom. The Morgan fingerprint density at radius 3 is 1.63 bits per heavy atom. The summed E-state index contributed by atoms with van der Waals surface area (Å²) in [7, 11) is 0. The molecule has 11 heteroatoms. The van der Waals surface area contributed by atoms with Gasteiger partial charge in [0.15, 0.2) is 18.5 Å². The molecule has 0 radical (unpaired) electrons. The van der Waals surface area contributed by atoms with Crippen molar-refractivity contribution in [3.05, 3.63) is 0 Å². The van der Waals surface area contributed by atoms with E-state index in [1.807, 2.05) is 0 Å². The molecule has 0 spiro atoms. The van der Waals surface area contributed by atoms with Gasteiger partial charge in [0.1, 0.15) is 24.4 Å². The molecule has 1 rings (SSSR count). The van der Waals surface area contributed by atoms with Crippen LogP contribution in [0.1, 0.15) is 117 Å². The summed E-state index contributed by atoms with van der Waals surface area (Å²) in [5.74, 6) is -1.16. The van der Waals surface area contributed by atoms with Gasteiger partial charge in [0, 0.05) is 12.8 Å². The van der Waals surface area contributed by atoms with E-state index in [0.717, 1.165) is 64.2 Å². The summed E-state index contributed by atoms with van der Waals surface area (Å²) in [5, 5.41) is 49.4. The van der Waals surface area contributed by atoms with Gasteiger partial charge in [-0.15, -0.1) is 0 Å². The molecule has 1 aliphatic heterocycles. The standard InChI is InChI=1S/C30H56O11/c1-3-5-7-9-11-13-15-17-25(35)40-28-27(37)24(20-32)39-30(38-21-23(34)22(33)19-31)29(28)41-26(36)18-16-14-12-10-8-6-4-2/h22-24,27-34,37H,3-21H2,1-2H3/t22-,23+,24+,27+,28-,29+,30-/m0/s1. The Hall–Kier alpha value is -1.34. The number of esters is 2. The molecule has 0 unspecified atom stereocenters. The van der Waals surface area contributed by atoms with Crippen molar-refractivity contribution in [1.29, 1.82) is 0 Å². The topological polar surface area (TPSA) is 172 Å². The van der Waals surface area contributed by atoms with E-state index in [1.54, 1.807) is 0 Å². The SMILES string of the molecule is CCCCCCCCCC(=O)O[C@H]1[C@@H](OC[C@@H](O)[C@@H](O)CO)O[C@H](CO)[C@@H](O)[C@@H]1OC(=O)CCCCCCCCC. The predicted octanol–water partition coefficient (Wildman–Crippen LogP) is 2.90. The minimum absolute atomic E-state index is 0.112. The van der Waals surface area contributed by atoms with Crippen LogP contribution in [-0.2, 0) is 28.5 Å². The fourth-order valence-electron chi connectivity index (χ4n) is 4.74. The minimum atomic E-state index is -1.50. The van der Waals surface area contributed by atoms with Crippen LogP contribution < -0.4 is 0 Å². The first-order valence-electron chi connectivity index (χ1n) is 15.7. The third-order valence-electron chi connectivity index (χ3n) is 7.36. The van der Waals surface area contributed by atoms with E-state index in [9.17, 15) is 30.0 Å². The van der Waals surface area contributed by atoms with Gasteiger partial charge in [0.2, 0.25) is 0 Å². The fraction of sp³-hybridized carbons (Fsp3) is 0.933. The molecular formula is C30H56O11. The lowest BCUT2D eigenvalue weighted by Crippen LogP contribution is -2.62. The van der Waals surface area contributed by atoms with E-state index in [2.05, 4.69) is 13.8 Å². The average molecular weight is 593 g/mol. The van der Waals surface area contributed by atoms with Gasteiger partial charge >= 0.3 is 11.9 Å². The van der Waals surface area contributed by atoms with E-state index in [0.29, 0.717) is 12.8 Å². The summed E-state index contributed by atoms with van der Waals surface area (Å²) < 4.78 is 22.4. The Balaban J connectivity index is 2.84. The van der Waals surface area contributed by atoms with Crippen LogP contribution in [0.5, 0.6) is 0 Å². The molecule has 0 aromatic carbocycles. The van der Waals surface area contributed by atoms with Crippen LogP contribution in [0.2, 0.25) is 0 Å². The molecule has 1 fully saturated rings. The Labute approximate surface area is 245 Å². The summed E-state index contributed by atoms with van der Waals surface area (Å²) in [4.78, 5) is 25.5. The van der Waals surface area contributed by atoms with E-state index < -0.39 is 74.7 Å². The first kappa shape index (κ1) is 37.7. The van der Waals surface area contributed by atoms with Gasteiger partial charge in [-0.05, 0) is 12.8 Å². The summed E-state index contributed by atoms with van der Waals surface area (Å²) in [6.45, 7) is 2.46. The molecule has 1 aliphatic rings. The lowest BCUT2D eigenvalue weighted by molar-refractivity contribution is -0.311. The first-order valence-corrected chi connectivity index (χ1v) is 15.7. The van der Waals surface area contributed by atoms with Crippen molar-refractivity contribution in [3.63, 3.8) is 0 Å². The number of carbonyl (C=O) groups is 2. The largest absolute Gasteiger partial charge is 0.455 e. The Morgan fingerprint density at radius 2 is 1.17 bits per heavy atom. The third-order valence-corrected chi connectivity index (χ3v) is 7.36.